The number of esters is 1. The van der Waals surface area contributed by atoms with E-state index >= 15 is 0 Å². The molecule has 1 fully saturated rings. The highest BCUT2D eigenvalue weighted by atomic mass is 16.5. The Morgan fingerprint density at radius 1 is 1.44 bits per heavy atom. The molecule has 4 heteroatoms. The molecule has 0 radical (unpaired) electrons. The van der Waals surface area contributed by atoms with Gasteiger partial charge in [0.25, 0.3) is 0 Å². The number of carbonyl (C=O) groups excluding carboxylic acids is 1. The highest BCUT2D eigenvalue weighted by Gasteiger charge is 2.47. The van der Waals surface area contributed by atoms with Crippen molar-refractivity contribution in [3.05, 3.63) is 11.6 Å². The molecule has 1 N–H and O–H groups in total. The summed E-state index contributed by atoms with van der Waals surface area (Å²) in [5.41, 5.74) is 0.763. The Balaban J connectivity index is 2.00. The highest BCUT2D eigenvalue weighted by molar-refractivity contribution is 5.89. The van der Waals surface area contributed by atoms with Gasteiger partial charge in [0, 0.05) is 11.6 Å². The van der Waals surface area contributed by atoms with Crippen LogP contribution in [0.4, 0.5) is 0 Å². The molecule has 0 saturated carbocycles. The van der Waals surface area contributed by atoms with Gasteiger partial charge in [-0.05, 0) is 32.3 Å². The largest absolute Gasteiger partial charge is 0.463 e. The monoisotopic (exact) mass is 253 g/mol. The summed E-state index contributed by atoms with van der Waals surface area (Å²) in [6, 6.07) is 0.789. The van der Waals surface area contributed by atoms with Crippen LogP contribution in [0.3, 0.4) is 0 Å². The SMILES string of the molecule is CCOC(=O)C1=C[C@@H](OC(CC)CC)C2NC2C1. The lowest BCUT2D eigenvalue weighted by Crippen LogP contribution is -2.30. The maximum atomic E-state index is 11.8. The summed E-state index contributed by atoms with van der Waals surface area (Å²) in [5.74, 6) is -0.192. The second-order valence-corrected chi connectivity index (χ2v) is 4.95. The van der Waals surface area contributed by atoms with Crippen LogP contribution in [0.2, 0.25) is 0 Å². The van der Waals surface area contributed by atoms with E-state index in [1.807, 2.05) is 13.0 Å². The summed E-state index contributed by atoms with van der Waals surface area (Å²) in [5, 5.41) is 3.38. The molecule has 2 unspecified atom stereocenters. The van der Waals surface area contributed by atoms with Gasteiger partial charge in [-0.15, -0.1) is 0 Å². The summed E-state index contributed by atoms with van der Waals surface area (Å²) in [4.78, 5) is 11.8. The molecule has 4 nitrogen and oxygen atoms in total. The van der Waals surface area contributed by atoms with Crippen LogP contribution in [-0.4, -0.2) is 36.9 Å². The van der Waals surface area contributed by atoms with Crippen LogP contribution in [0.15, 0.2) is 11.6 Å². The van der Waals surface area contributed by atoms with Gasteiger partial charge >= 0.3 is 5.97 Å². The molecule has 0 aromatic carbocycles. The van der Waals surface area contributed by atoms with Crippen molar-refractivity contribution in [1.29, 1.82) is 0 Å². The van der Waals surface area contributed by atoms with Gasteiger partial charge in [-0.2, -0.15) is 0 Å². The molecular weight excluding hydrogens is 230 g/mol. The van der Waals surface area contributed by atoms with Crippen molar-refractivity contribution in [2.45, 2.75) is 64.3 Å². The average molecular weight is 253 g/mol. The first-order valence-electron chi connectivity index (χ1n) is 6.98. The Bertz CT molecular complexity index is 336. The number of rotatable bonds is 6. The standard InChI is InChI=1S/C14H23NO3/c1-4-10(5-2)18-12-8-9(14(16)17-6-3)7-11-13(12)15-11/h8,10-13,15H,4-7H2,1-3H3/t11?,12-,13?/m1/s1. The quantitative estimate of drug-likeness (QED) is 0.579. The summed E-state index contributed by atoms with van der Waals surface area (Å²) in [6.45, 7) is 6.52. The van der Waals surface area contributed by atoms with Crippen molar-refractivity contribution in [3.63, 3.8) is 0 Å². The van der Waals surface area contributed by atoms with Crippen LogP contribution in [0.1, 0.15) is 40.0 Å². The van der Waals surface area contributed by atoms with E-state index < -0.39 is 0 Å². The van der Waals surface area contributed by atoms with Crippen LogP contribution in [0, 0.1) is 0 Å². The molecule has 0 aromatic heterocycles. The zero-order chi connectivity index (χ0) is 13.1. The number of hydrogen-bond donors (Lipinski definition) is 1. The van der Waals surface area contributed by atoms with Gasteiger partial charge in [-0.3, -0.25) is 0 Å². The van der Waals surface area contributed by atoms with Crippen molar-refractivity contribution < 1.29 is 14.3 Å². The Morgan fingerprint density at radius 2 is 2.17 bits per heavy atom. The Labute approximate surface area is 109 Å². The van der Waals surface area contributed by atoms with Crippen LogP contribution < -0.4 is 5.32 Å². The Morgan fingerprint density at radius 3 is 2.78 bits per heavy atom. The first-order valence-corrected chi connectivity index (χ1v) is 6.98. The van der Waals surface area contributed by atoms with Gasteiger partial charge in [0.15, 0.2) is 0 Å². The zero-order valence-corrected chi connectivity index (χ0v) is 11.4. The van der Waals surface area contributed by atoms with Crippen molar-refractivity contribution >= 4 is 5.97 Å². The minimum Gasteiger partial charge on any atom is -0.463 e. The van der Waals surface area contributed by atoms with E-state index in [1.165, 1.54) is 0 Å². The van der Waals surface area contributed by atoms with E-state index in [2.05, 4.69) is 19.2 Å². The maximum absolute atomic E-state index is 11.8. The first kappa shape index (κ1) is 13.6. The number of nitrogens with one attached hydrogen (secondary N) is 1. The highest BCUT2D eigenvalue weighted by Crippen LogP contribution is 2.32. The molecule has 0 aromatic rings. The van der Waals surface area contributed by atoms with E-state index in [9.17, 15) is 4.79 Å². The minimum absolute atomic E-state index is 0.0213. The van der Waals surface area contributed by atoms with Crippen LogP contribution >= 0.6 is 0 Å². The van der Waals surface area contributed by atoms with E-state index in [-0.39, 0.29) is 18.2 Å². The molecular formula is C14H23NO3. The third kappa shape index (κ3) is 2.93. The molecule has 0 spiro atoms. The molecule has 3 atom stereocenters. The average Bonchev–Trinajstić information content (AvgIpc) is 3.15. The smallest absolute Gasteiger partial charge is 0.333 e. The van der Waals surface area contributed by atoms with Gasteiger partial charge < -0.3 is 14.8 Å². The first-order chi connectivity index (χ1) is 8.69. The normalized spacial score (nSPS) is 29.8. The lowest BCUT2D eigenvalue weighted by atomic mass is 9.97. The predicted octanol–water partition coefficient (Wildman–Crippen LogP) is 1.79. The molecule has 0 amide bonds. The molecule has 18 heavy (non-hydrogen) atoms. The molecule has 1 heterocycles. The van der Waals surface area contributed by atoms with Gasteiger partial charge in [0.2, 0.25) is 0 Å². The van der Waals surface area contributed by atoms with E-state index in [1.54, 1.807) is 0 Å². The van der Waals surface area contributed by atoms with Crippen molar-refractivity contribution in [2.75, 3.05) is 6.61 Å². The van der Waals surface area contributed by atoms with E-state index in [0.717, 1.165) is 24.8 Å². The van der Waals surface area contributed by atoms with Crippen LogP contribution in [-0.2, 0) is 14.3 Å². The van der Waals surface area contributed by atoms with Crippen molar-refractivity contribution in [1.82, 2.24) is 5.32 Å². The predicted molar refractivity (Wildman–Crippen MR) is 69.3 cm³/mol. The molecule has 1 aliphatic heterocycles. The topological polar surface area (TPSA) is 57.5 Å². The summed E-state index contributed by atoms with van der Waals surface area (Å²) < 4.78 is 11.1. The Hall–Kier alpha value is -0.870. The zero-order valence-electron chi connectivity index (χ0n) is 11.4. The van der Waals surface area contributed by atoms with E-state index in [4.69, 9.17) is 9.47 Å². The minimum atomic E-state index is -0.192. The maximum Gasteiger partial charge on any atom is 0.333 e. The van der Waals surface area contributed by atoms with Gasteiger partial charge in [0.1, 0.15) is 0 Å². The van der Waals surface area contributed by atoms with Crippen molar-refractivity contribution in [2.24, 2.45) is 0 Å². The number of ether oxygens (including phenoxy) is 2. The lowest BCUT2D eigenvalue weighted by Gasteiger charge is -2.23. The third-order valence-electron chi connectivity index (χ3n) is 3.69. The fourth-order valence-corrected chi connectivity index (χ4v) is 2.51. The second kappa shape index (κ2) is 5.85. The summed E-state index contributed by atoms with van der Waals surface area (Å²) in [6.07, 6.45) is 5.04. The fourth-order valence-electron chi connectivity index (χ4n) is 2.51. The Kier molecular flexibility index (Phi) is 4.40. The van der Waals surface area contributed by atoms with Crippen molar-refractivity contribution in [3.8, 4) is 0 Å². The lowest BCUT2D eigenvalue weighted by molar-refractivity contribution is -0.138. The molecule has 2 aliphatic rings. The van der Waals surface area contributed by atoms with Gasteiger partial charge in [0.05, 0.1) is 24.9 Å². The molecule has 0 bridgehead atoms. The van der Waals surface area contributed by atoms with Crippen LogP contribution in [0.5, 0.6) is 0 Å². The number of hydrogen-bond acceptors (Lipinski definition) is 4. The number of carbonyl (C=O) groups is 1. The van der Waals surface area contributed by atoms with Gasteiger partial charge in [-0.1, -0.05) is 13.8 Å². The fraction of sp³-hybridized carbons (Fsp3) is 0.786. The molecule has 102 valence electrons. The van der Waals surface area contributed by atoms with Crippen LogP contribution in [0.25, 0.3) is 0 Å². The second-order valence-electron chi connectivity index (χ2n) is 4.95. The number of fused-ring (bicyclic) bond motifs is 1. The molecule has 1 saturated heterocycles. The van der Waals surface area contributed by atoms with Gasteiger partial charge in [-0.25, -0.2) is 4.79 Å². The molecule has 2 rings (SSSR count). The van der Waals surface area contributed by atoms with E-state index in [0.29, 0.717) is 18.7 Å². The third-order valence-corrected chi connectivity index (χ3v) is 3.69. The molecule has 1 aliphatic carbocycles. The summed E-state index contributed by atoms with van der Waals surface area (Å²) in [7, 11) is 0. The summed E-state index contributed by atoms with van der Waals surface area (Å²) >= 11 is 0.